The molecule has 0 bridgehead atoms. The normalized spacial score (nSPS) is 23.2. The number of hydrogen-bond acceptors (Lipinski definition) is 4. The molecule has 1 unspecified atom stereocenters. The Morgan fingerprint density at radius 2 is 2.57 bits per heavy atom. The molecule has 1 fully saturated rings. The summed E-state index contributed by atoms with van der Waals surface area (Å²) >= 11 is 0. The van der Waals surface area contributed by atoms with Gasteiger partial charge in [-0.1, -0.05) is 0 Å². The van der Waals surface area contributed by atoms with E-state index in [9.17, 15) is 0 Å². The largest absolute Gasteiger partial charge is 0.472 e. The number of furan rings is 1. The van der Waals surface area contributed by atoms with Gasteiger partial charge in [-0.05, 0) is 6.07 Å². The minimum atomic E-state index is -0.282. The second kappa shape index (κ2) is 4.27. The van der Waals surface area contributed by atoms with Crippen molar-refractivity contribution in [3.8, 4) is 6.07 Å². The van der Waals surface area contributed by atoms with Gasteiger partial charge in [0.15, 0.2) is 6.10 Å². The molecule has 0 amide bonds. The third-order valence-electron chi connectivity index (χ3n) is 2.28. The molecular weight excluding hydrogens is 180 g/mol. The van der Waals surface area contributed by atoms with Crippen LogP contribution in [-0.4, -0.2) is 30.7 Å². The Morgan fingerprint density at radius 3 is 3.29 bits per heavy atom. The predicted octanol–water partition coefficient (Wildman–Crippen LogP) is 1.00. The van der Waals surface area contributed by atoms with Crippen LogP contribution in [0.25, 0.3) is 0 Å². The van der Waals surface area contributed by atoms with Crippen molar-refractivity contribution in [1.82, 2.24) is 4.90 Å². The van der Waals surface area contributed by atoms with Crippen LogP contribution in [0.4, 0.5) is 0 Å². The van der Waals surface area contributed by atoms with Crippen molar-refractivity contribution in [2.24, 2.45) is 0 Å². The minimum Gasteiger partial charge on any atom is -0.472 e. The highest BCUT2D eigenvalue weighted by molar-refractivity contribution is 5.05. The van der Waals surface area contributed by atoms with E-state index in [4.69, 9.17) is 14.4 Å². The maximum atomic E-state index is 8.71. The lowest BCUT2D eigenvalue weighted by molar-refractivity contribution is -0.00274. The highest BCUT2D eigenvalue weighted by Crippen LogP contribution is 2.10. The number of hydrogen-bond donors (Lipinski definition) is 0. The zero-order valence-electron chi connectivity index (χ0n) is 7.85. The van der Waals surface area contributed by atoms with Gasteiger partial charge < -0.3 is 9.15 Å². The number of nitriles is 1. The summed E-state index contributed by atoms with van der Waals surface area (Å²) in [4.78, 5) is 2.20. The van der Waals surface area contributed by atoms with E-state index in [1.165, 1.54) is 0 Å². The van der Waals surface area contributed by atoms with E-state index >= 15 is 0 Å². The molecular formula is C10H12N2O2. The molecule has 4 heteroatoms. The van der Waals surface area contributed by atoms with Crippen LogP contribution >= 0.6 is 0 Å². The van der Waals surface area contributed by atoms with Crippen LogP contribution in [0.1, 0.15) is 5.56 Å². The van der Waals surface area contributed by atoms with Crippen molar-refractivity contribution < 1.29 is 9.15 Å². The molecule has 1 saturated heterocycles. The summed E-state index contributed by atoms with van der Waals surface area (Å²) in [6.45, 7) is 3.03. The van der Waals surface area contributed by atoms with Crippen LogP contribution in [0.2, 0.25) is 0 Å². The number of morpholine rings is 1. The van der Waals surface area contributed by atoms with Crippen molar-refractivity contribution in [1.29, 1.82) is 5.26 Å². The standard InChI is InChI=1S/C10H12N2O2/c11-5-10-7-12(2-4-14-10)6-9-1-3-13-8-9/h1,3,8,10H,2,4,6-7H2. The smallest absolute Gasteiger partial charge is 0.156 e. The van der Waals surface area contributed by atoms with Crippen LogP contribution in [0, 0.1) is 11.3 Å². The third kappa shape index (κ3) is 2.13. The topological polar surface area (TPSA) is 49.4 Å². The van der Waals surface area contributed by atoms with Gasteiger partial charge in [-0.3, -0.25) is 4.90 Å². The van der Waals surface area contributed by atoms with Gasteiger partial charge in [-0.25, -0.2) is 0 Å². The third-order valence-corrected chi connectivity index (χ3v) is 2.28. The fraction of sp³-hybridized carbons (Fsp3) is 0.500. The molecule has 1 atom stereocenters. The lowest BCUT2D eigenvalue weighted by atomic mass is 10.2. The Morgan fingerprint density at radius 1 is 1.64 bits per heavy atom. The van der Waals surface area contributed by atoms with Crippen molar-refractivity contribution >= 4 is 0 Å². The highest BCUT2D eigenvalue weighted by Gasteiger charge is 2.19. The first kappa shape index (κ1) is 9.25. The molecule has 0 aliphatic carbocycles. The van der Waals surface area contributed by atoms with Crippen LogP contribution in [0.3, 0.4) is 0 Å². The van der Waals surface area contributed by atoms with Gasteiger partial charge in [-0.2, -0.15) is 5.26 Å². The molecule has 14 heavy (non-hydrogen) atoms. The van der Waals surface area contributed by atoms with Gasteiger partial charge in [0.05, 0.1) is 25.2 Å². The van der Waals surface area contributed by atoms with Crippen molar-refractivity contribution in [2.45, 2.75) is 12.6 Å². The Bertz CT molecular complexity index is 315. The highest BCUT2D eigenvalue weighted by atomic mass is 16.5. The quantitative estimate of drug-likeness (QED) is 0.701. The molecule has 1 aliphatic rings. The summed E-state index contributed by atoms with van der Waals surface area (Å²) in [6, 6.07) is 4.07. The molecule has 74 valence electrons. The average molecular weight is 192 g/mol. The van der Waals surface area contributed by atoms with E-state index in [0.717, 1.165) is 18.7 Å². The monoisotopic (exact) mass is 192 g/mol. The van der Waals surface area contributed by atoms with Gasteiger partial charge >= 0.3 is 0 Å². The number of rotatable bonds is 2. The fourth-order valence-corrected chi connectivity index (χ4v) is 1.57. The second-order valence-electron chi connectivity index (χ2n) is 3.36. The Labute approximate surface area is 82.7 Å². The Kier molecular flexibility index (Phi) is 2.82. The summed E-state index contributed by atoms with van der Waals surface area (Å²) in [5, 5.41) is 8.71. The van der Waals surface area contributed by atoms with Crippen LogP contribution in [0.15, 0.2) is 23.0 Å². The average Bonchev–Trinajstić information content (AvgIpc) is 2.71. The van der Waals surface area contributed by atoms with E-state index in [0.29, 0.717) is 13.2 Å². The van der Waals surface area contributed by atoms with Crippen LogP contribution in [-0.2, 0) is 11.3 Å². The molecule has 0 aromatic carbocycles. The Balaban J connectivity index is 1.90. The van der Waals surface area contributed by atoms with Crippen molar-refractivity contribution in [3.05, 3.63) is 24.2 Å². The van der Waals surface area contributed by atoms with Crippen LogP contribution < -0.4 is 0 Å². The first-order valence-corrected chi connectivity index (χ1v) is 4.63. The van der Waals surface area contributed by atoms with E-state index in [2.05, 4.69) is 11.0 Å². The molecule has 0 saturated carbocycles. The van der Waals surface area contributed by atoms with Crippen molar-refractivity contribution in [2.75, 3.05) is 19.7 Å². The maximum absolute atomic E-state index is 8.71. The first-order valence-electron chi connectivity index (χ1n) is 4.63. The van der Waals surface area contributed by atoms with Crippen molar-refractivity contribution in [3.63, 3.8) is 0 Å². The fourth-order valence-electron chi connectivity index (χ4n) is 1.57. The van der Waals surface area contributed by atoms with Gasteiger partial charge in [0.2, 0.25) is 0 Å². The molecule has 0 radical (unpaired) electrons. The molecule has 0 spiro atoms. The lowest BCUT2D eigenvalue weighted by Crippen LogP contribution is -2.41. The van der Waals surface area contributed by atoms with Crippen LogP contribution in [0.5, 0.6) is 0 Å². The van der Waals surface area contributed by atoms with Gasteiger partial charge in [0.25, 0.3) is 0 Å². The Hall–Kier alpha value is -1.31. The summed E-state index contributed by atoms with van der Waals surface area (Å²) in [5.41, 5.74) is 1.14. The molecule has 1 aromatic rings. The maximum Gasteiger partial charge on any atom is 0.156 e. The lowest BCUT2D eigenvalue weighted by Gasteiger charge is -2.29. The van der Waals surface area contributed by atoms with E-state index in [1.54, 1.807) is 12.5 Å². The first-order chi connectivity index (χ1) is 6.88. The summed E-state index contributed by atoms with van der Waals surface area (Å²) in [5.74, 6) is 0. The molecule has 0 N–H and O–H groups in total. The summed E-state index contributed by atoms with van der Waals surface area (Å²) in [6.07, 6.45) is 3.12. The van der Waals surface area contributed by atoms with Gasteiger partial charge in [-0.15, -0.1) is 0 Å². The van der Waals surface area contributed by atoms with Gasteiger partial charge in [0, 0.05) is 25.2 Å². The molecule has 2 heterocycles. The molecule has 1 aromatic heterocycles. The van der Waals surface area contributed by atoms with E-state index < -0.39 is 0 Å². The predicted molar refractivity (Wildman–Crippen MR) is 49.3 cm³/mol. The molecule has 1 aliphatic heterocycles. The molecule has 4 nitrogen and oxygen atoms in total. The zero-order chi connectivity index (χ0) is 9.80. The number of nitrogens with zero attached hydrogens (tertiary/aromatic N) is 2. The second-order valence-corrected chi connectivity index (χ2v) is 3.36. The molecule has 2 rings (SSSR count). The van der Waals surface area contributed by atoms with E-state index in [-0.39, 0.29) is 6.10 Å². The van der Waals surface area contributed by atoms with Gasteiger partial charge in [0.1, 0.15) is 0 Å². The zero-order valence-corrected chi connectivity index (χ0v) is 7.85. The minimum absolute atomic E-state index is 0.282. The summed E-state index contributed by atoms with van der Waals surface area (Å²) < 4.78 is 10.2. The summed E-state index contributed by atoms with van der Waals surface area (Å²) in [7, 11) is 0. The number of ether oxygens (including phenoxy) is 1. The SMILES string of the molecule is N#CC1CN(Cc2ccoc2)CCO1. The van der Waals surface area contributed by atoms with E-state index in [1.807, 2.05) is 6.07 Å².